The Morgan fingerprint density at radius 1 is 1.44 bits per heavy atom. The van der Waals surface area contributed by atoms with Crippen molar-refractivity contribution in [2.24, 2.45) is 0 Å². The minimum atomic E-state index is -0.489. The fourth-order valence-electron chi connectivity index (χ4n) is 1.19. The van der Waals surface area contributed by atoms with Crippen molar-refractivity contribution in [1.29, 1.82) is 0 Å². The van der Waals surface area contributed by atoms with Gasteiger partial charge in [0.25, 0.3) is 0 Å². The van der Waals surface area contributed by atoms with Gasteiger partial charge in [-0.25, -0.2) is 0 Å². The highest BCUT2D eigenvalue weighted by molar-refractivity contribution is 6.31. The van der Waals surface area contributed by atoms with Gasteiger partial charge in [-0.3, -0.25) is 0 Å². The molecule has 16 heavy (non-hydrogen) atoms. The first-order chi connectivity index (χ1) is 7.34. The van der Waals surface area contributed by atoms with E-state index in [9.17, 15) is 10.2 Å². The summed E-state index contributed by atoms with van der Waals surface area (Å²) in [5.41, 5.74) is 0.226. The topological polar surface area (TPSA) is 52.5 Å². The molecule has 1 atom stereocenters. The van der Waals surface area contributed by atoms with E-state index in [1.807, 2.05) is 13.8 Å². The lowest BCUT2D eigenvalue weighted by atomic mass is 9.98. The highest BCUT2D eigenvalue weighted by Crippen LogP contribution is 2.25. The van der Waals surface area contributed by atoms with Gasteiger partial charge < -0.3 is 15.5 Å². The summed E-state index contributed by atoms with van der Waals surface area (Å²) in [5.74, 6) is 0.168. The van der Waals surface area contributed by atoms with Crippen molar-refractivity contribution in [2.45, 2.75) is 39.0 Å². The van der Waals surface area contributed by atoms with E-state index < -0.39 is 11.6 Å². The average Bonchev–Trinajstić information content (AvgIpc) is 2.16. The van der Waals surface area contributed by atoms with Gasteiger partial charge >= 0.3 is 0 Å². The maximum atomic E-state index is 9.64. The molecule has 0 fully saturated rings. The summed E-state index contributed by atoms with van der Waals surface area (Å²) < 4.78 is 0. The van der Waals surface area contributed by atoms with Crippen LogP contribution in [0.25, 0.3) is 0 Å². The Morgan fingerprint density at radius 2 is 2.06 bits per heavy atom. The number of aromatic hydroxyl groups is 1. The summed E-state index contributed by atoms with van der Waals surface area (Å²) in [5, 5.41) is 22.9. The number of rotatable bonds is 4. The van der Waals surface area contributed by atoms with Crippen LogP contribution in [0.5, 0.6) is 5.75 Å². The highest BCUT2D eigenvalue weighted by atomic mass is 35.5. The van der Waals surface area contributed by atoms with Crippen molar-refractivity contribution in [1.82, 2.24) is 5.32 Å². The van der Waals surface area contributed by atoms with Crippen LogP contribution in [0.15, 0.2) is 18.2 Å². The van der Waals surface area contributed by atoms with E-state index in [0.29, 0.717) is 17.1 Å². The van der Waals surface area contributed by atoms with Gasteiger partial charge in [0.1, 0.15) is 5.75 Å². The Bertz CT molecular complexity index is 344. The molecule has 0 amide bonds. The van der Waals surface area contributed by atoms with Crippen molar-refractivity contribution in [3.05, 3.63) is 28.8 Å². The van der Waals surface area contributed by atoms with Gasteiger partial charge in [0.15, 0.2) is 0 Å². The number of hydrogen-bond acceptors (Lipinski definition) is 3. The Labute approximate surface area is 101 Å². The molecular weight excluding hydrogens is 226 g/mol. The molecule has 3 N–H and O–H groups in total. The second kappa shape index (κ2) is 5.04. The molecule has 0 spiro atoms. The molecule has 0 saturated carbocycles. The van der Waals surface area contributed by atoms with Gasteiger partial charge in [-0.1, -0.05) is 17.7 Å². The predicted octanol–water partition coefficient (Wildman–Crippen LogP) is 2.29. The van der Waals surface area contributed by atoms with Crippen LogP contribution in [0.2, 0.25) is 5.02 Å². The van der Waals surface area contributed by atoms with Crippen molar-refractivity contribution < 1.29 is 10.2 Å². The SMILES string of the molecule is CC(O)C(C)(C)NCc1c(O)cccc1Cl. The second-order valence-corrected chi connectivity index (χ2v) is 4.90. The summed E-state index contributed by atoms with van der Waals surface area (Å²) in [7, 11) is 0. The number of nitrogens with one attached hydrogen (secondary N) is 1. The number of phenols is 1. The van der Waals surface area contributed by atoms with E-state index in [-0.39, 0.29) is 5.75 Å². The maximum Gasteiger partial charge on any atom is 0.121 e. The Kier molecular flexibility index (Phi) is 4.19. The van der Waals surface area contributed by atoms with Gasteiger partial charge in [0.05, 0.1) is 6.10 Å². The Morgan fingerprint density at radius 3 is 2.56 bits per heavy atom. The molecule has 1 unspecified atom stereocenters. The highest BCUT2D eigenvalue weighted by Gasteiger charge is 2.23. The van der Waals surface area contributed by atoms with Crippen LogP contribution in [-0.4, -0.2) is 21.9 Å². The van der Waals surface area contributed by atoms with E-state index in [4.69, 9.17) is 11.6 Å². The van der Waals surface area contributed by atoms with Gasteiger partial charge in [-0.15, -0.1) is 0 Å². The normalized spacial score (nSPS) is 13.8. The van der Waals surface area contributed by atoms with Crippen molar-refractivity contribution in [2.75, 3.05) is 0 Å². The van der Waals surface area contributed by atoms with Crippen LogP contribution < -0.4 is 5.32 Å². The first kappa shape index (κ1) is 13.3. The monoisotopic (exact) mass is 243 g/mol. The van der Waals surface area contributed by atoms with E-state index in [1.54, 1.807) is 25.1 Å². The van der Waals surface area contributed by atoms with Crippen LogP contribution in [0.4, 0.5) is 0 Å². The number of halogens is 1. The van der Waals surface area contributed by atoms with Gasteiger partial charge in [0.2, 0.25) is 0 Å². The minimum Gasteiger partial charge on any atom is -0.508 e. The number of aliphatic hydroxyl groups excluding tert-OH is 1. The number of aliphatic hydroxyl groups is 1. The first-order valence-electron chi connectivity index (χ1n) is 5.24. The Balaban J connectivity index is 2.75. The lowest BCUT2D eigenvalue weighted by molar-refractivity contribution is 0.0955. The number of hydrogen-bond donors (Lipinski definition) is 3. The largest absolute Gasteiger partial charge is 0.508 e. The van der Waals surface area contributed by atoms with Gasteiger partial charge in [-0.2, -0.15) is 0 Å². The van der Waals surface area contributed by atoms with Crippen LogP contribution in [0.3, 0.4) is 0 Å². The van der Waals surface area contributed by atoms with E-state index in [1.165, 1.54) is 0 Å². The third kappa shape index (κ3) is 3.11. The first-order valence-corrected chi connectivity index (χ1v) is 5.62. The summed E-state index contributed by atoms with van der Waals surface area (Å²) in [6, 6.07) is 5.02. The lowest BCUT2D eigenvalue weighted by Crippen LogP contribution is -2.47. The molecule has 0 aromatic heterocycles. The molecule has 1 rings (SSSR count). The van der Waals surface area contributed by atoms with Gasteiger partial charge in [0, 0.05) is 22.7 Å². The molecule has 3 nitrogen and oxygen atoms in total. The molecule has 90 valence electrons. The smallest absolute Gasteiger partial charge is 0.121 e. The van der Waals surface area contributed by atoms with E-state index in [2.05, 4.69) is 5.32 Å². The van der Waals surface area contributed by atoms with Crippen molar-refractivity contribution >= 4 is 11.6 Å². The van der Waals surface area contributed by atoms with Crippen molar-refractivity contribution in [3.63, 3.8) is 0 Å². The van der Waals surface area contributed by atoms with Crippen molar-refractivity contribution in [3.8, 4) is 5.75 Å². The second-order valence-electron chi connectivity index (χ2n) is 4.49. The molecule has 0 aliphatic heterocycles. The standard InChI is InChI=1S/C12H18ClNO2/c1-8(15)12(2,3)14-7-9-10(13)5-4-6-11(9)16/h4-6,8,14-16H,7H2,1-3H3. The van der Waals surface area contributed by atoms with Crippen LogP contribution in [0.1, 0.15) is 26.3 Å². The van der Waals surface area contributed by atoms with Gasteiger partial charge in [-0.05, 0) is 32.9 Å². The van der Waals surface area contributed by atoms with Crippen LogP contribution in [0, 0.1) is 0 Å². The molecule has 1 aromatic rings. The fraction of sp³-hybridized carbons (Fsp3) is 0.500. The molecule has 0 saturated heterocycles. The lowest BCUT2D eigenvalue weighted by Gasteiger charge is -2.29. The summed E-state index contributed by atoms with van der Waals surface area (Å²) in [6.45, 7) is 5.93. The molecule has 1 aromatic carbocycles. The fourth-order valence-corrected chi connectivity index (χ4v) is 1.42. The molecule has 0 aliphatic rings. The predicted molar refractivity (Wildman–Crippen MR) is 65.7 cm³/mol. The third-order valence-electron chi connectivity index (χ3n) is 2.86. The summed E-state index contributed by atoms with van der Waals surface area (Å²) in [6.07, 6.45) is -0.489. The summed E-state index contributed by atoms with van der Waals surface area (Å²) >= 11 is 5.98. The Hall–Kier alpha value is -0.770. The zero-order chi connectivity index (χ0) is 12.3. The summed E-state index contributed by atoms with van der Waals surface area (Å²) in [4.78, 5) is 0. The average molecular weight is 244 g/mol. The molecular formula is C12H18ClNO2. The molecule has 0 heterocycles. The minimum absolute atomic E-state index is 0.168. The number of phenolic OH excluding ortho intramolecular Hbond substituents is 1. The molecule has 0 radical (unpaired) electrons. The maximum absolute atomic E-state index is 9.64. The number of benzene rings is 1. The van der Waals surface area contributed by atoms with Crippen LogP contribution >= 0.6 is 11.6 Å². The third-order valence-corrected chi connectivity index (χ3v) is 3.21. The van der Waals surface area contributed by atoms with E-state index >= 15 is 0 Å². The molecule has 0 bridgehead atoms. The quantitative estimate of drug-likeness (QED) is 0.761. The van der Waals surface area contributed by atoms with E-state index in [0.717, 1.165) is 0 Å². The molecule has 0 aliphatic carbocycles. The van der Waals surface area contributed by atoms with Crippen LogP contribution in [-0.2, 0) is 6.54 Å². The molecule has 4 heteroatoms. The zero-order valence-corrected chi connectivity index (χ0v) is 10.5. The zero-order valence-electron chi connectivity index (χ0n) is 9.79.